The van der Waals surface area contributed by atoms with Crippen molar-refractivity contribution in [3.8, 4) is 0 Å². The van der Waals surface area contributed by atoms with Gasteiger partial charge in [-0.1, -0.05) is 13.8 Å². The molecule has 2 N–H and O–H groups in total. The van der Waals surface area contributed by atoms with E-state index in [4.69, 9.17) is 0 Å². The fourth-order valence-electron chi connectivity index (χ4n) is 1.17. The summed E-state index contributed by atoms with van der Waals surface area (Å²) < 4.78 is 27.5. The molecule has 0 unspecified atom stereocenters. The molecule has 1 aromatic rings. The number of aromatic nitrogens is 2. The topological polar surface area (TPSA) is 78.1 Å². The maximum Gasteiger partial charge on any atom is 0.302 e. The molecular formula is C10H20N4O2S. The third-order valence-corrected chi connectivity index (χ3v) is 4.21. The standard InChI is InChI=1S/C10H20N4O2S/c1-7(2)9-6-10(12-11-9)13-17(15,16)14(5)8(3)4/h6-8H,1-5H3,(H2,11,12,13). The molecule has 1 aromatic heterocycles. The highest BCUT2D eigenvalue weighted by Crippen LogP contribution is 2.16. The quantitative estimate of drug-likeness (QED) is 0.842. The minimum absolute atomic E-state index is 0.101. The van der Waals surface area contributed by atoms with Gasteiger partial charge in [-0.15, -0.1) is 0 Å². The van der Waals surface area contributed by atoms with Crippen LogP contribution in [0.4, 0.5) is 5.82 Å². The van der Waals surface area contributed by atoms with E-state index >= 15 is 0 Å². The van der Waals surface area contributed by atoms with Gasteiger partial charge in [0, 0.05) is 24.8 Å². The SMILES string of the molecule is CC(C)c1cc(NS(=O)(=O)N(C)C(C)C)n[nH]1. The van der Waals surface area contributed by atoms with Gasteiger partial charge in [-0.2, -0.15) is 17.8 Å². The number of aromatic amines is 1. The van der Waals surface area contributed by atoms with E-state index in [-0.39, 0.29) is 12.0 Å². The van der Waals surface area contributed by atoms with Crippen molar-refractivity contribution in [1.82, 2.24) is 14.5 Å². The maximum atomic E-state index is 11.9. The average molecular weight is 260 g/mol. The number of H-pyrrole nitrogens is 1. The van der Waals surface area contributed by atoms with Gasteiger partial charge in [0.25, 0.3) is 0 Å². The van der Waals surface area contributed by atoms with Crippen molar-refractivity contribution in [2.75, 3.05) is 11.8 Å². The molecule has 0 aromatic carbocycles. The van der Waals surface area contributed by atoms with Crippen LogP contribution in [0, 0.1) is 0 Å². The highest BCUT2D eigenvalue weighted by Gasteiger charge is 2.21. The number of hydrogen-bond donors (Lipinski definition) is 2. The summed E-state index contributed by atoms with van der Waals surface area (Å²) in [7, 11) is -1.99. The Morgan fingerprint density at radius 3 is 2.35 bits per heavy atom. The van der Waals surface area contributed by atoms with Crippen LogP contribution in [0.2, 0.25) is 0 Å². The largest absolute Gasteiger partial charge is 0.302 e. The van der Waals surface area contributed by atoms with Crippen LogP contribution in [0.3, 0.4) is 0 Å². The van der Waals surface area contributed by atoms with Crippen LogP contribution < -0.4 is 4.72 Å². The lowest BCUT2D eigenvalue weighted by Crippen LogP contribution is -2.37. The lowest BCUT2D eigenvalue weighted by atomic mass is 10.1. The van der Waals surface area contributed by atoms with Gasteiger partial charge in [0.1, 0.15) is 0 Å². The first kappa shape index (κ1) is 14.0. The van der Waals surface area contributed by atoms with E-state index in [0.717, 1.165) is 5.69 Å². The van der Waals surface area contributed by atoms with Gasteiger partial charge in [-0.05, 0) is 19.8 Å². The normalized spacial score (nSPS) is 12.7. The molecule has 0 aliphatic carbocycles. The molecule has 0 aliphatic rings. The predicted molar refractivity (Wildman–Crippen MR) is 68.1 cm³/mol. The van der Waals surface area contributed by atoms with Crippen molar-refractivity contribution in [3.63, 3.8) is 0 Å². The zero-order valence-electron chi connectivity index (χ0n) is 10.9. The molecule has 0 spiro atoms. The number of nitrogens with one attached hydrogen (secondary N) is 2. The second-order valence-corrected chi connectivity index (χ2v) is 6.31. The van der Waals surface area contributed by atoms with Crippen LogP contribution in [0.5, 0.6) is 0 Å². The van der Waals surface area contributed by atoms with Crippen molar-refractivity contribution in [1.29, 1.82) is 0 Å². The summed E-state index contributed by atoms with van der Waals surface area (Å²) >= 11 is 0. The smallest absolute Gasteiger partial charge is 0.280 e. The van der Waals surface area contributed by atoms with E-state index in [2.05, 4.69) is 14.9 Å². The Morgan fingerprint density at radius 2 is 1.94 bits per heavy atom. The molecule has 0 atom stereocenters. The van der Waals surface area contributed by atoms with Crippen LogP contribution in [-0.2, 0) is 10.2 Å². The Hall–Kier alpha value is -1.08. The predicted octanol–water partition coefficient (Wildman–Crippen LogP) is 1.53. The van der Waals surface area contributed by atoms with Crippen molar-refractivity contribution >= 4 is 16.0 Å². The summed E-state index contributed by atoms with van der Waals surface area (Å²) in [5.41, 5.74) is 0.898. The van der Waals surface area contributed by atoms with Crippen molar-refractivity contribution < 1.29 is 8.42 Å². The number of hydrogen-bond acceptors (Lipinski definition) is 3. The van der Waals surface area contributed by atoms with E-state index in [1.807, 2.05) is 27.7 Å². The summed E-state index contributed by atoms with van der Waals surface area (Å²) in [4.78, 5) is 0. The highest BCUT2D eigenvalue weighted by molar-refractivity contribution is 7.90. The van der Waals surface area contributed by atoms with E-state index in [1.165, 1.54) is 11.4 Å². The molecular weight excluding hydrogens is 240 g/mol. The Bertz CT molecular complexity index is 464. The van der Waals surface area contributed by atoms with Crippen molar-refractivity contribution in [2.45, 2.75) is 39.7 Å². The molecule has 1 heterocycles. The van der Waals surface area contributed by atoms with Gasteiger partial charge in [0.15, 0.2) is 5.82 Å². The van der Waals surface area contributed by atoms with Crippen LogP contribution in [-0.4, -0.2) is 36.0 Å². The van der Waals surface area contributed by atoms with E-state index in [1.54, 1.807) is 6.07 Å². The van der Waals surface area contributed by atoms with Crippen molar-refractivity contribution in [2.24, 2.45) is 0 Å². The molecule has 6 nitrogen and oxygen atoms in total. The third-order valence-electron chi connectivity index (χ3n) is 2.56. The Balaban J connectivity index is 2.83. The number of rotatable bonds is 5. The van der Waals surface area contributed by atoms with Gasteiger partial charge < -0.3 is 0 Å². The van der Waals surface area contributed by atoms with Gasteiger partial charge in [-0.25, -0.2) is 0 Å². The van der Waals surface area contributed by atoms with Gasteiger partial charge in [0.05, 0.1) is 0 Å². The third kappa shape index (κ3) is 3.44. The van der Waals surface area contributed by atoms with Crippen LogP contribution >= 0.6 is 0 Å². The van der Waals surface area contributed by atoms with Crippen LogP contribution in [0.15, 0.2) is 6.07 Å². The Morgan fingerprint density at radius 1 is 1.35 bits per heavy atom. The monoisotopic (exact) mass is 260 g/mol. The first-order valence-corrected chi connectivity index (χ1v) is 6.99. The summed E-state index contributed by atoms with van der Waals surface area (Å²) in [6, 6.07) is 1.60. The summed E-state index contributed by atoms with van der Waals surface area (Å²) in [6.45, 7) is 7.63. The van der Waals surface area contributed by atoms with Crippen molar-refractivity contribution in [3.05, 3.63) is 11.8 Å². The zero-order chi connectivity index (χ0) is 13.2. The molecule has 7 heteroatoms. The second kappa shape index (κ2) is 5.05. The zero-order valence-corrected chi connectivity index (χ0v) is 11.7. The molecule has 17 heavy (non-hydrogen) atoms. The van der Waals surface area contributed by atoms with Crippen LogP contribution in [0.25, 0.3) is 0 Å². The molecule has 0 fully saturated rings. The molecule has 0 radical (unpaired) electrons. The molecule has 0 amide bonds. The summed E-state index contributed by atoms with van der Waals surface area (Å²) in [6.07, 6.45) is 0. The Labute approximate surface area is 103 Å². The fourth-order valence-corrected chi connectivity index (χ4v) is 2.23. The average Bonchev–Trinajstić information content (AvgIpc) is 2.64. The summed E-state index contributed by atoms with van der Waals surface area (Å²) in [5.74, 6) is 0.602. The van der Waals surface area contributed by atoms with E-state index < -0.39 is 10.2 Å². The van der Waals surface area contributed by atoms with E-state index in [9.17, 15) is 8.42 Å². The van der Waals surface area contributed by atoms with Crippen LogP contribution in [0.1, 0.15) is 39.3 Å². The lowest BCUT2D eigenvalue weighted by molar-refractivity contribution is 0.414. The van der Waals surface area contributed by atoms with E-state index in [0.29, 0.717) is 5.82 Å². The minimum Gasteiger partial charge on any atom is -0.280 e. The highest BCUT2D eigenvalue weighted by atomic mass is 32.2. The Kier molecular flexibility index (Phi) is 4.16. The summed E-state index contributed by atoms with van der Waals surface area (Å²) in [5, 5.41) is 6.72. The lowest BCUT2D eigenvalue weighted by Gasteiger charge is -2.20. The van der Waals surface area contributed by atoms with Gasteiger partial charge in [-0.3, -0.25) is 9.82 Å². The molecule has 0 aliphatic heterocycles. The van der Waals surface area contributed by atoms with Gasteiger partial charge >= 0.3 is 10.2 Å². The first-order valence-electron chi connectivity index (χ1n) is 5.55. The fraction of sp³-hybridized carbons (Fsp3) is 0.700. The molecule has 98 valence electrons. The molecule has 1 rings (SSSR count). The maximum absolute atomic E-state index is 11.9. The second-order valence-electron chi connectivity index (χ2n) is 4.58. The molecule has 0 saturated heterocycles. The first-order chi connectivity index (χ1) is 7.74. The van der Waals surface area contributed by atoms with Gasteiger partial charge in [0.2, 0.25) is 0 Å². The minimum atomic E-state index is -3.52. The number of nitrogens with zero attached hydrogens (tertiary/aromatic N) is 2. The molecule has 0 bridgehead atoms. The molecule has 0 saturated carbocycles. The number of anilines is 1.